The lowest BCUT2D eigenvalue weighted by atomic mass is 10.2. The van der Waals surface area contributed by atoms with E-state index in [0.717, 1.165) is 0 Å². The van der Waals surface area contributed by atoms with E-state index in [0.29, 0.717) is 5.56 Å². The van der Waals surface area contributed by atoms with Crippen molar-refractivity contribution < 1.29 is 12.8 Å². The molecule has 0 radical (unpaired) electrons. The molecule has 7 heteroatoms. The highest BCUT2D eigenvalue weighted by molar-refractivity contribution is 7.89. The Labute approximate surface area is 97.8 Å². The van der Waals surface area contributed by atoms with Crippen molar-refractivity contribution in [3.63, 3.8) is 0 Å². The minimum atomic E-state index is -3.81. The van der Waals surface area contributed by atoms with Crippen molar-refractivity contribution in [3.05, 3.63) is 48.2 Å². The fraction of sp³-hybridized carbons (Fsp3) is 0.100. The van der Waals surface area contributed by atoms with E-state index in [-0.39, 0.29) is 17.4 Å². The summed E-state index contributed by atoms with van der Waals surface area (Å²) in [5.41, 5.74) is 0.450. The summed E-state index contributed by atoms with van der Waals surface area (Å²) in [6.07, 6.45) is 2.56. The molecule has 1 aromatic carbocycles. The molecule has 0 atom stereocenters. The van der Waals surface area contributed by atoms with Crippen LogP contribution in [-0.2, 0) is 16.6 Å². The number of imidazole rings is 1. The Kier molecular flexibility index (Phi) is 2.95. The van der Waals surface area contributed by atoms with Crippen LogP contribution in [0.1, 0.15) is 5.56 Å². The number of primary sulfonamides is 1. The Morgan fingerprint density at radius 2 is 2.06 bits per heavy atom. The number of halogens is 1. The molecule has 17 heavy (non-hydrogen) atoms. The van der Waals surface area contributed by atoms with Gasteiger partial charge in [0.25, 0.3) is 10.0 Å². The van der Waals surface area contributed by atoms with Gasteiger partial charge in [-0.2, -0.15) is 0 Å². The van der Waals surface area contributed by atoms with Crippen molar-refractivity contribution in [2.24, 2.45) is 5.14 Å². The fourth-order valence-electron chi connectivity index (χ4n) is 1.40. The van der Waals surface area contributed by atoms with Crippen LogP contribution in [0.2, 0.25) is 0 Å². The Balaban J connectivity index is 2.26. The molecule has 0 saturated carbocycles. The number of hydrogen-bond donors (Lipinski definition) is 1. The van der Waals surface area contributed by atoms with Crippen molar-refractivity contribution in [3.8, 4) is 0 Å². The van der Waals surface area contributed by atoms with Gasteiger partial charge in [-0.1, -0.05) is 18.2 Å². The van der Waals surface area contributed by atoms with Gasteiger partial charge in [0, 0.05) is 11.8 Å². The third-order valence-electron chi connectivity index (χ3n) is 2.21. The first kappa shape index (κ1) is 11.7. The maximum Gasteiger partial charge on any atom is 0.257 e. The van der Waals surface area contributed by atoms with E-state index in [1.807, 2.05) is 0 Å². The number of hydrogen-bond acceptors (Lipinski definition) is 3. The average Bonchev–Trinajstić information content (AvgIpc) is 2.69. The standard InChI is InChI=1S/C10H10FN3O2S/c11-9-4-2-1-3-8(9)5-14-6-10(13-7-14)17(12,15)16/h1-4,6-7H,5H2,(H2,12,15,16). The normalized spacial score (nSPS) is 11.6. The SMILES string of the molecule is NS(=O)(=O)c1cn(Cc2ccccc2F)cn1. The van der Waals surface area contributed by atoms with Crippen LogP contribution in [0.25, 0.3) is 0 Å². The molecule has 0 fully saturated rings. The zero-order valence-corrected chi connectivity index (χ0v) is 9.56. The average molecular weight is 255 g/mol. The van der Waals surface area contributed by atoms with Gasteiger partial charge in [-0.05, 0) is 6.07 Å². The summed E-state index contributed by atoms with van der Waals surface area (Å²) in [7, 11) is -3.81. The summed E-state index contributed by atoms with van der Waals surface area (Å²) in [6, 6.07) is 6.25. The molecule has 0 aliphatic rings. The van der Waals surface area contributed by atoms with Crippen LogP contribution in [0.4, 0.5) is 4.39 Å². The van der Waals surface area contributed by atoms with Crippen molar-refractivity contribution in [1.29, 1.82) is 0 Å². The quantitative estimate of drug-likeness (QED) is 0.877. The van der Waals surface area contributed by atoms with E-state index in [2.05, 4.69) is 4.98 Å². The number of rotatable bonds is 3. The largest absolute Gasteiger partial charge is 0.332 e. The van der Waals surface area contributed by atoms with Crippen molar-refractivity contribution in [1.82, 2.24) is 9.55 Å². The summed E-state index contributed by atoms with van der Waals surface area (Å²) < 4.78 is 36.8. The van der Waals surface area contributed by atoms with Crippen LogP contribution in [-0.4, -0.2) is 18.0 Å². The minimum Gasteiger partial charge on any atom is -0.332 e. The molecular formula is C10H10FN3O2S. The van der Waals surface area contributed by atoms with Gasteiger partial charge in [-0.3, -0.25) is 0 Å². The first-order valence-electron chi connectivity index (χ1n) is 4.75. The van der Waals surface area contributed by atoms with Gasteiger partial charge in [0.2, 0.25) is 0 Å². The zero-order valence-electron chi connectivity index (χ0n) is 8.75. The van der Waals surface area contributed by atoms with E-state index in [1.54, 1.807) is 18.2 Å². The third-order valence-corrected chi connectivity index (χ3v) is 3.01. The van der Waals surface area contributed by atoms with Crippen LogP contribution in [0.3, 0.4) is 0 Å². The number of nitrogens with two attached hydrogens (primary N) is 1. The zero-order chi connectivity index (χ0) is 12.5. The fourth-order valence-corrected chi connectivity index (χ4v) is 1.87. The maximum absolute atomic E-state index is 13.3. The molecule has 0 spiro atoms. The third kappa shape index (κ3) is 2.69. The highest BCUT2D eigenvalue weighted by atomic mass is 32.2. The smallest absolute Gasteiger partial charge is 0.257 e. The Hall–Kier alpha value is -1.73. The number of sulfonamides is 1. The van der Waals surface area contributed by atoms with Gasteiger partial charge in [0.15, 0.2) is 5.03 Å². The topological polar surface area (TPSA) is 78.0 Å². The molecule has 2 rings (SSSR count). The van der Waals surface area contributed by atoms with Gasteiger partial charge < -0.3 is 4.57 Å². The van der Waals surface area contributed by atoms with Crippen LogP contribution < -0.4 is 5.14 Å². The highest BCUT2D eigenvalue weighted by Crippen LogP contribution is 2.10. The summed E-state index contributed by atoms with van der Waals surface area (Å²) in [5, 5.41) is 4.69. The molecule has 2 N–H and O–H groups in total. The number of aromatic nitrogens is 2. The number of nitrogens with zero attached hydrogens (tertiary/aromatic N) is 2. The Morgan fingerprint density at radius 3 is 2.65 bits per heavy atom. The summed E-state index contributed by atoms with van der Waals surface area (Å²) in [4.78, 5) is 3.64. The second-order valence-corrected chi connectivity index (χ2v) is 5.03. The molecule has 1 heterocycles. The molecule has 90 valence electrons. The lowest BCUT2D eigenvalue weighted by Crippen LogP contribution is -2.12. The van der Waals surface area contributed by atoms with Gasteiger partial charge in [0.1, 0.15) is 5.82 Å². The summed E-state index contributed by atoms with van der Waals surface area (Å²) in [5.74, 6) is -0.349. The van der Waals surface area contributed by atoms with Gasteiger partial charge >= 0.3 is 0 Å². The monoisotopic (exact) mass is 255 g/mol. The van der Waals surface area contributed by atoms with Crippen LogP contribution >= 0.6 is 0 Å². The first-order chi connectivity index (χ1) is 7.97. The molecule has 0 bridgehead atoms. The number of benzene rings is 1. The molecule has 0 unspecified atom stereocenters. The molecule has 0 amide bonds. The highest BCUT2D eigenvalue weighted by Gasteiger charge is 2.11. The Bertz CT molecular complexity index is 637. The second kappa shape index (κ2) is 4.27. The molecular weight excluding hydrogens is 245 g/mol. The van der Waals surface area contributed by atoms with E-state index >= 15 is 0 Å². The van der Waals surface area contributed by atoms with Crippen molar-refractivity contribution in [2.75, 3.05) is 0 Å². The van der Waals surface area contributed by atoms with Crippen molar-refractivity contribution >= 4 is 10.0 Å². The van der Waals surface area contributed by atoms with Crippen LogP contribution in [0, 0.1) is 5.82 Å². The van der Waals surface area contributed by atoms with Gasteiger partial charge in [-0.25, -0.2) is 22.9 Å². The summed E-state index contributed by atoms with van der Waals surface area (Å²) >= 11 is 0. The van der Waals surface area contributed by atoms with E-state index in [1.165, 1.54) is 23.2 Å². The molecule has 0 aliphatic carbocycles. The maximum atomic E-state index is 13.3. The molecule has 5 nitrogen and oxygen atoms in total. The predicted molar refractivity (Wildman–Crippen MR) is 59.1 cm³/mol. The van der Waals surface area contributed by atoms with E-state index in [4.69, 9.17) is 5.14 Å². The van der Waals surface area contributed by atoms with Gasteiger partial charge in [-0.15, -0.1) is 0 Å². The first-order valence-corrected chi connectivity index (χ1v) is 6.29. The predicted octanol–water partition coefficient (Wildman–Crippen LogP) is 0.718. The van der Waals surface area contributed by atoms with Gasteiger partial charge in [0.05, 0.1) is 12.9 Å². The second-order valence-electron chi connectivity index (χ2n) is 3.52. The Morgan fingerprint density at radius 1 is 1.35 bits per heavy atom. The molecule has 2 aromatic rings. The molecule has 0 aliphatic heterocycles. The lowest BCUT2D eigenvalue weighted by Gasteiger charge is -2.02. The van der Waals surface area contributed by atoms with Crippen molar-refractivity contribution in [2.45, 2.75) is 11.6 Å². The van der Waals surface area contributed by atoms with Crippen LogP contribution in [0.5, 0.6) is 0 Å². The minimum absolute atomic E-state index is 0.204. The van der Waals surface area contributed by atoms with E-state index < -0.39 is 10.0 Å². The lowest BCUT2D eigenvalue weighted by molar-refractivity contribution is 0.594. The summed E-state index contributed by atoms with van der Waals surface area (Å²) in [6.45, 7) is 0.204. The molecule has 1 aromatic heterocycles. The van der Waals surface area contributed by atoms with E-state index in [9.17, 15) is 12.8 Å². The molecule has 0 saturated heterocycles. The van der Waals surface area contributed by atoms with Crippen LogP contribution in [0.15, 0.2) is 41.8 Å².